The zero-order valence-electron chi connectivity index (χ0n) is 15.4. The number of carbonyl (C=O) groups excluding carboxylic acids is 1. The van der Waals surface area contributed by atoms with Crippen molar-refractivity contribution in [2.24, 2.45) is 23.7 Å². The van der Waals surface area contributed by atoms with E-state index in [1.165, 1.54) is 12.1 Å². The van der Waals surface area contributed by atoms with Crippen molar-refractivity contribution in [3.63, 3.8) is 0 Å². The van der Waals surface area contributed by atoms with Gasteiger partial charge >= 0.3 is 0 Å². The van der Waals surface area contributed by atoms with E-state index in [0.717, 1.165) is 24.8 Å². The van der Waals surface area contributed by atoms with Crippen LogP contribution >= 0.6 is 11.6 Å². The van der Waals surface area contributed by atoms with E-state index < -0.39 is 5.82 Å². The third-order valence-electron chi connectivity index (χ3n) is 6.64. The van der Waals surface area contributed by atoms with Crippen molar-refractivity contribution in [3.05, 3.63) is 64.1 Å². The summed E-state index contributed by atoms with van der Waals surface area (Å²) in [7, 11) is 0. The van der Waals surface area contributed by atoms with Gasteiger partial charge in [0.15, 0.2) is 17.3 Å². The van der Waals surface area contributed by atoms with Crippen molar-refractivity contribution in [1.29, 1.82) is 0 Å². The summed E-state index contributed by atoms with van der Waals surface area (Å²) in [6.45, 7) is 1.90. The number of hydrogen-bond donors (Lipinski definition) is 1. The smallest absolute Gasteiger partial charge is 0.170 e. The number of aliphatic hydroxyl groups excluding tert-OH is 1. The minimum Gasteiger partial charge on any atom is -0.511 e. The van der Waals surface area contributed by atoms with Crippen LogP contribution in [-0.4, -0.2) is 10.9 Å². The van der Waals surface area contributed by atoms with E-state index in [0.29, 0.717) is 33.7 Å². The fourth-order valence-electron chi connectivity index (χ4n) is 5.41. The van der Waals surface area contributed by atoms with Crippen LogP contribution in [0.1, 0.15) is 30.4 Å². The highest BCUT2D eigenvalue weighted by Crippen LogP contribution is 2.60. The molecule has 0 aromatic heterocycles. The lowest BCUT2D eigenvalue weighted by Crippen LogP contribution is -2.24. The molecule has 3 aliphatic rings. The Balaban J connectivity index is 1.52. The molecular formula is C23H20ClFO3. The van der Waals surface area contributed by atoms with Crippen molar-refractivity contribution in [2.45, 2.75) is 26.2 Å². The number of aryl methyl sites for hydroxylation is 1. The lowest BCUT2D eigenvalue weighted by atomic mass is 9.80. The van der Waals surface area contributed by atoms with Crippen LogP contribution in [0.25, 0.3) is 5.57 Å². The van der Waals surface area contributed by atoms with Gasteiger partial charge in [-0.05, 0) is 79.5 Å². The van der Waals surface area contributed by atoms with Crippen LogP contribution in [0.2, 0.25) is 5.02 Å². The van der Waals surface area contributed by atoms with Crippen LogP contribution in [-0.2, 0) is 4.79 Å². The highest BCUT2D eigenvalue weighted by molar-refractivity contribution is 6.30. The van der Waals surface area contributed by atoms with Gasteiger partial charge in [-0.15, -0.1) is 0 Å². The molecule has 0 aliphatic heterocycles. The molecule has 2 bridgehead atoms. The van der Waals surface area contributed by atoms with Crippen molar-refractivity contribution < 1.29 is 19.0 Å². The second-order valence-electron chi connectivity index (χ2n) is 8.16. The van der Waals surface area contributed by atoms with Crippen molar-refractivity contribution in [3.8, 4) is 11.5 Å². The summed E-state index contributed by atoms with van der Waals surface area (Å²) in [5, 5.41) is 11.2. The van der Waals surface area contributed by atoms with E-state index >= 15 is 0 Å². The van der Waals surface area contributed by atoms with Crippen LogP contribution in [0.3, 0.4) is 0 Å². The topological polar surface area (TPSA) is 46.5 Å². The molecule has 2 aromatic carbocycles. The van der Waals surface area contributed by atoms with Gasteiger partial charge in [0.05, 0.1) is 5.57 Å². The maximum atomic E-state index is 14.1. The Labute approximate surface area is 167 Å². The zero-order valence-corrected chi connectivity index (χ0v) is 16.2. The molecule has 144 valence electrons. The Kier molecular flexibility index (Phi) is 4.02. The first-order chi connectivity index (χ1) is 13.4. The van der Waals surface area contributed by atoms with Crippen LogP contribution in [0.5, 0.6) is 11.5 Å². The number of aliphatic hydroxyl groups is 1. The fourth-order valence-corrected chi connectivity index (χ4v) is 5.57. The van der Waals surface area contributed by atoms with E-state index in [4.69, 9.17) is 16.3 Å². The third-order valence-corrected chi connectivity index (χ3v) is 6.87. The van der Waals surface area contributed by atoms with Crippen molar-refractivity contribution in [1.82, 2.24) is 0 Å². The number of ether oxygens (including phenoxy) is 1. The molecular weight excluding hydrogens is 379 g/mol. The number of fused-ring (bicyclic) bond motifs is 5. The molecule has 0 heterocycles. The number of halogens is 2. The molecule has 3 aliphatic carbocycles. The number of ketones is 1. The maximum absolute atomic E-state index is 14.1. The molecule has 4 atom stereocenters. The van der Waals surface area contributed by atoms with Gasteiger partial charge in [0.25, 0.3) is 0 Å². The number of benzene rings is 2. The molecule has 0 amide bonds. The first-order valence-electron chi connectivity index (χ1n) is 9.65. The van der Waals surface area contributed by atoms with Gasteiger partial charge in [0.1, 0.15) is 11.5 Å². The quantitative estimate of drug-likeness (QED) is 0.680. The predicted molar refractivity (Wildman–Crippen MR) is 105 cm³/mol. The highest BCUT2D eigenvalue weighted by Gasteiger charge is 2.57. The molecule has 0 unspecified atom stereocenters. The second kappa shape index (κ2) is 6.35. The Morgan fingerprint density at radius 3 is 2.57 bits per heavy atom. The molecule has 2 fully saturated rings. The summed E-state index contributed by atoms with van der Waals surface area (Å²) in [5.74, 6) is 0.905. The molecule has 0 spiro atoms. The zero-order chi connectivity index (χ0) is 19.6. The van der Waals surface area contributed by atoms with E-state index in [-0.39, 0.29) is 29.1 Å². The summed E-state index contributed by atoms with van der Waals surface area (Å²) < 4.78 is 19.8. The normalized spacial score (nSPS) is 28.2. The molecule has 5 rings (SSSR count). The molecule has 0 radical (unpaired) electrons. The first-order valence-corrected chi connectivity index (χ1v) is 10.0. The lowest BCUT2D eigenvalue weighted by molar-refractivity contribution is -0.118. The summed E-state index contributed by atoms with van der Waals surface area (Å²) in [4.78, 5) is 13.2. The number of rotatable bonds is 3. The van der Waals surface area contributed by atoms with Crippen molar-refractivity contribution in [2.75, 3.05) is 0 Å². The minimum absolute atomic E-state index is 0.0288. The number of Topliss-reactive ketones (excluding diaryl/α,β-unsaturated/α-hetero) is 1. The highest BCUT2D eigenvalue weighted by atomic mass is 35.5. The van der Waals surface area contributed by atoms with Gasteiger partial charge in [-0.25, -0.2) is 4.39 Å². The van der Waals surface area contributed by atoms with E-state index in [2.05, 4.69) is 0 Å². The van der Waals surface area contributed by atoms with E-state index in [1.807, 2.05) is 13.0 Å². The van der Waals surface area contributed by atoms with Crippen LogP contribution in [0, 0.1) is 36.4 Å². The van der Waals surface area contributed by atoms with Gasteiger partial charge in [0.2, 0.25) is 0 Å². The Morgan fingerprint density at radius 1 is 1.11 bits per heavy atom. The standard InChI is InChI=1S/C23H20ClFO3/c1-11-2-6-15(28-18-7-5-14(24)9-17(18)25)10-16(11)21-22(26)19-12-3-4-13(8-12)20(19)23(21)27/h2,5-7,9-10,12-13,19-20,26H,3-4,8H2,1H3/t12-,13+,19-,20+/m1/s1. The van der Waals surface area contributed by atoms with Crippen molar-refractivity contribution >= 4 is 23.0 Å². The fraction of sp³-hybridized carbons (Fsp3) is 0.348. The van der Waals surface area contributed by atoms with E-state index in [9.17, 15) is 14.3 Å². The summed E-state index contributed by atoms with van der Waals surface area (Å²) >= 11 is 5.79. The number of hydrogen-bond acceptors (Lipinski definition) is 3. The summed E-state index contributed by atoms with van der Waals surface area (Å²) in [6, 6.07) is 9.49. The lowest BCUT2D eigenvalue weighted by Gasteiger charge is -2.23. The minimum atomic E-state index is -0.556. The van der Waals surface area contributed by atoms with Gasteiger partial charge in [-0.1, -0.05) is 17.7 Å². The van der Waals surface area contributed by atoms with Gasteiger partial charge in [-0.3, -0.25) is 4.79 Å². The summed E-state index contributed by atoms with van der Waals surface area (Å²) in [6.07, 6.45) is 3.22. The average Bonchev–Trinajstić information content (AvgIpc) is 3.33. The average molecular weight is 399 g/mol. The largest absolute Gasteiger partial charge is 0.511 e. The van der Waals surface area contributed by atoms with E-state index in [1.54, 1.807) is 18.2 Å². The number of carbonyl (C=O) groups is 1. The summed E-state index contributed by atoms with van der Waals surface area (Å²) in [5.41, 5.74) is 1.97. The van der Waals surface area contributed by atoms with Crippen LogP contribution < -0.4 is 4.74 Å². The van der Waals surface area contributed by atoms with Crippen LogP contribution in [0.15, 0.2) is 42.2 Å². The molecule has 0 saturated heterocycles. The van der Waals surface area contributed by atoms with Gasteiger partial charge < -0.3 is 9.84 Å². The molecule has 2 saturated carbocycles. The Hall–Kier alpha value is -2.33. The molecule has 2 aromatic rings. The first kappa shape index (κ1) is 17.7. The Bertz CT molecular complexity index is 1030. The monoisotopic (exact) mass is 398 g/mol. The SMILES string of the molecule is Cc1ccc(Oc2ccc(Cl)cc2F)cc1C1=C(O)[C@@H]2[C@@H]3CC[C@@H](C3)[C@@H]2C1=O. The molecule has 1 N–H and O–H groups in total. The third kappa shape index (κ3) is 2.58. The Morgan fingerprint density at radius 2 is 1.86 bits per heavy atom. The number of allylic oxidation sites excluding steroid dienone is 2. The predicted octanol–water partition coefficient (Wildman–Crippen LogP) is 6.09. The molecule has 5 heteroatoms. The molecule has 28 heavy (non-hydrogen) atoms. The van der Waals surface area contributed by atoms with Gasteiger partial charge in [0, 0.05) is 16.9 Å². The second-order valence-corrected chi connectivity index (χ2v) is 8.60. The van der Waals surface area contributed by atoms with Gasteiger partial charge in [-0.2, -0.15) is 0 Å². The maximum Gasteiger partial charge on any atom is 0.170 e. The van der Waals surface area contributed by atoms with Crippen LogP contribution in [0.4, 0.5) is 4.39 Å². The molecule has 3 nitrogen and oxygen atoms in total.